The van der Waals surface area contributed by atoms with E-state index in [1.54, 1.807) is 0 Å². The summed E-state index contributed by atoms with van der Waals surface area (Å²) in [5, 5.41) is 0. The smallest absolute Gasteiger partial charge is 0.302 e. The molecular weight excluding hydrogens is 216 g/mol. The van der Waals surface area contributed by atoms with Crippen LogP contribution in [0.4, 0.5) is 0 Å². The van der Waals surface area contributed by atoms with Crippen molar-refractivity contribution in [2.24, 2.45) is 17.8 Å². The first-order chi connectivity index (χ1) is 8.00. The Balaban J connectivity index is 2.33. The number of carbonyl (C=O) groups excluding carboxylic acids is 1. The summed E-state index contributed by atoms with van der Waals surface area (Å²) in [6.07, 6.45) is 4.06. The Morgan fingerprint density at radius 3 is 2.59 bits per heavy atom. The van der Waals surface area contributed by atoms with Gasteiger partial charge in [0.25, 0.3) is 0 Å². The fraction of sp³-hybridized carbons (Fsp3) is 0.929. The van der Waals surface area contributed by atoms with Gasteiger partial charge in [0.2, 0.25) is 0 Å². The van der Waals surface area contributed by atoms with Crippen LogP contribution in [0.1, 0.15) is 47.0 Å². The number of ether oxygens (including phenoxy) is 2. The molecular formula is C14H26O3. The van der Waals surface area contributed by atoms with E-state index >= 15 is 0 Å². The van der Waals surface area contributed by atoms with Crippen molar-refractivity contribution >= 4 is 5.97 Å². The monoisotopic (exact) mass is 242 g/mol. The summed E-state index contributed by atoms with van der Waals surface area (Å²) in [4.78, 5) is 10.6. The Bertz CT molecular complexity index is 238. The maximum atomic E-state index is 10.6. The first-order valence-corrected chi connectivity index (χ1v) is 6.75. The number of carbonyl (C=O) groups is 1. The van der Waals surface area contributed by atoms with Gasteiger partial charge in [0.05, 0.1) is 12.7 Å². The summed E-state index contributed by atoms with van der Waals surface area (Å²) in [6.45, 7) is 9.16. The van der Waals surface area contributed by atoms with Gasteiger partial charge in [-0.05, 0) is 30.6 Å². The Hall–Kier alpha value is -0.570. The minimum Gasteiger partial charge on any atom is -0.463 e. The second kappa shape index (κ2) is 7.00. The molecule has 0 spiro atoms. The third kappa shape index (κ3) is 5.07. The molecule has 0 aromatic carbocycles. The molecule has 0 heterocycles. The molecule has 1 saturated carbocycles. The topological polar surface area (TPSA) is 35.5 Å². The minimum atomic E-state index is -0.231. The minimum absolute atomic E-state index is 0.231. The molecule has 1 aliphatic rings. The molecule has 0 N–H and O–H groups in total. The van der Waals surface area contributed by atoms with Crippen LogP contribution in [-0.4, -0.2) is 25.3 Å². The molecule has 0 amide bonds. The van der Waals surface area contributed by atoms with E-state index in [0.717, 1.165) is 12.3 Å². The van der Waals surface area contributed by atoms with Crippen molar-refractivity contribution < 1.29 is 14.3 Å². The van der Waals surface area contributed by atoms with Crippen LogP contribution >= 0.6 is 0 Å². The summed E-state index contributed by atoms with van der Waals surface area (Å²) >= 11 is 0. The predicted molar refractivity (Wildman–Crippen MR) is 67.7 cm³/mol. The molecule has 0 aromatic heterocycles. The first kappa shape index (κ1) is 14.5. The van der Waals surface area contributed by atoms with Gasteiger partial charge >= 0.3 is 5.97 Å². The Labute approximate surface area is 105 Å². The van der Waals surface area contributed by atoms with Gasteiger partial charge in [0.1, 0.15) is 6.61 Å². The van der Waals surface area contributed by atoms with Crippen LogP contribution < -0.4 is 0 Å². The van der Waals surface area contributed by atoms with Crippen LogP contribution in [0, 0.1) is 17.8 Å². The van der Waals surface area contributed by atoms with E-state index in [1.807, 2.05) is 0 Å². The molecule has 1 aliphatic carbocycles. The fourth-order valence-corrected chi connectivity index (χ4v) is 2.69. The molecule has 1 rings (SSSR count). The highest BCUT2D eigenvalue weighted by Crippen LogP contribution is 2.35. The predicted octanol–water partition coefficient (Wildman–Crippen LogP) is 3.03. The molecule has 100 valence electrons. The van der Waals surface area contributed by atoms with Crippen molar-refractivity contribution in [1.29, 1.82) is 0 Å². The SMILES string of the molecule is CC(=O)OCCOC1CC(C)CCC1C(C)C. The zero-order valence-corrected chi connectivity index (χ0v) is 11.6. The van der Waals surface area contributed by atoms with Crippen LogP contribution in [0.3, 0.4) is 0 Å². The van der Waals surface area contributed by atoms with Gasteiger partial charge in [-0.1, -0.05) is 27.2 Å². The third-order valence-electron chi connectivity index (χ3n) is 3.68. The zero-order valence-electron chi connectivity index (χ0n) is 11.6. The van der Waals surface area contributed by atoms with Gasteiger partial charge in [0, 0.05) is 6.92 Å². The van der Waals surface area contributed by atoms with E-state index in [2.05, 4.69) is 20.8 Å². The standard InChI is InChI=1S/C14H26O3/c1-10(2)13-6-5-11(3)9-14(13)17-8-7-16-12(4)15/h10-11,13-14H,5-9H2,1-4H3. The van der Waals surface area contributed by atoms with Crippen LogP contribution in [0.5, 0.6) is 0 Å². The summed E-state index contributed by atoms with van der Waals surface area (Å²) in [5.74, 6) is 1.85. The average molecular weight is 242 g/mol. The van der Waals surface area contributed by atoms with Crippen LogP contribution in [0.2, 0.25) is 0 Å². The van der Waals surface area contributed by atoms with Crippen molar-refractivity contribution in [2.45, 2.75) is 53.1 Å². The van der Waals surface area contributed by atoms with Crippen LogP contribution in [0.15, 0.2) is 0 Å². The fourth-order valence-electron chi connectivity index (χ4n) is 2.69. The second-order valence-corrected chi connectivity index (χ2v) is 5.58. The van der Waals surface area contributed by atoms with Crippen molar-refractivity contribution in [3.63, 3.8) is 0 Å². The van der Waals surface area contributed by atoms with Gasteiger partial charge in [0.15, 0.2) is 0 Å². The highest BCUT2D eigenvalue weighted by atomic mass is 16.6. The molecule has 3 unspecified atom stereocenters. The Morgan fingerprint density at radius 2 is 2.00 bits per heavy atom. The van der Waals surface area contributed by atoms with Crippen molar-refractivity contribution in [2.75, 3.05) is 13.2 Å². The number of hydrogen-bond acceptors (Lipinski definition) is 3. The molecule has 3 atom stereocenters. The lowest BCUT2D eigenvalue weighted by Gasteiger charge is -2.37. The van der Waals surface area contributed by atoms with Gasteiger partial charge in [-0.3, -0.25) is 4.79 Å². The largest absolute Gasteiger partial charge is 0.463 e. The summed E-state index contributed by atoms with van der Waals surface area (Å²) in [7, 11) is 0. The van der Waals surface area contributed by atoms with Crippen molar-refractivity contribution in [3.05, 3.63) is 0 Å². The highest BCUT2D eigenvalue weighted by Gasteiger charge is 2.31. The molecule has 0 radical (unpaired) electrons. The summed E-state index contributed by atoms with van der Waals surface area (Å²) < 4.78 is 10.8. The zero-order chi connectivity index (χ0) is 12.8. The van der Waals surface area contributed by atoms with Gasteiger partial charge in [-0.2, -0.15) is 0 Å². The van der Waals surface area contributed by atoms with Gasteiger partial charge < -0.3 is 9.47 Å². The lowest BCUT2D eigenvalue weighted by Crippen LogP contribution is -2.35. The molecule has 1 fully saturated rings. The van der Waals surface area contributed by atoms with E-state index in [9.17, 15) is 4.79 Å². The number of esters is 1. The normalized spacial score (nSPS) is 29.4. The van der Waals surface area contributed by atoms with E-state index in [0.29, 0.717) is 31.2 Å². The quantitative estimate of drug-likeness (QED) is 0.549. The lowest BCUT2D eigenvalue weighted by molar-refractivity contribution is -0.144. The average Bonchev–Trinajstić information content (AvgIpc) is 2.23. The molecule has 3 nitrogen and oxygen atoms in total. The van der Waals surface area contributed by atoms with Crippen LogP contribution in [-0.2, 0) is 14.3 Å². The van der Waals surface area contributed by atoms with E-state index in [-0.39, 0.29) is 5.97 Å². The maximum Gasteiger partial charge on any atom is 0.302 e. The first-order valence-electron chi connectivity index (χ1n) is 6.75. The Morgan fingerprint density at radius 1 is 1.29 bits per heavy atom. The third-order valence-corrected chi connectivity index (χ3v) is 3.68. The molecule has 17 heavy (non-hydrogen) atoms. The highest BCUT2D eigenvalue weighted by molar-refractivity contribution is 5.65. The molecule has 0 bridgehead atoms. The molecule has 3 heteroatoms. The lowest BCUT2D eigenvalue weighted by atomic mass is 9.75. The summed E-state index contributed by atoms with van der Waals surface area (Å²) in [5.41, 5.74) is 0. The van der Waals surface area contributed by atoms with E-state index in [1.165, 1.54) is 19.8 Å². The van der Waals surface area contributed by atoms with Crippen molar-refractivity contribution in [3.8, 4) is 0 Å². The van der Waals surface area contributed by atoms with Gasteiger partial charge in [-0.25, -0.2) is 0 Å². The molecule has 0 aliphatic heterocycles. The molecule has 0 aromatic rings. The van der Waals surface area contributed by atoms with E-state index in [4.69, 9.17) is 9.47 Å². The maximum absolute atomic E-state index is 10.6. The Kier molecular flexibility index (Phi) is 5.96. The number of rotatable bonds is 5. The summed E-state index contributed by atoms with van der Waals surface area (Å²) in [6, 6.07) is 0. The number of hydrogen-bond donors (Lipinski definition) is 0. The van der Waals surface area contributed by atoms with Crippen LogP contribution in [0.25, 0.3) is 0 Å². The van der Waals surface area contributed by atoms with Gasteiger partial charge in [-0.15, -0.1) is 0 Å². The molecule has 0 saturated heterocycles. The van der Waals surface area contributed by atoms with Crippen molar-refractivity contribution in [1.82, 2.24) is 0 Å². The second-order valence-electron chi connectivity index (χ2n) is 5.58. The van der Waals surface area contributed by atoms with E-state index < -0.39 is 0 Å².